The summed E-state index contributed by atoms with van der Waals surface area (Å²) in [5.74, 6) is 0.749. The van der Waals surface area contributed by atoms with Gasteiger partial charge in [-0.3, -0.25) is 4.79 Å². The molecule has 1 saturated heterocycles. The third kappa shape index (κ3) is 1.77. The Kier molecular flexibility index (Phi) is 2.74. The van der Waals surface area contributed by atoms with Crippen molar-refractivity contribution in [3.8, 4) is 0 Å². The molecule has 1 aliphatic heterocycles. The first-order valence-electron chi connectivity index (χ1n) is 5.24. The number of hydrogen-bond acceptors (Lipinski definition) is 3. The molecule has 1 aliphatic carbocycles. The van der Waals surface area contributed by atoms with Crippen molar-refractivity contribution in [2.75, 3.05) is 20.3 Å². The number of fused-ring (bicyclic) bond motifs is 2. The van der Waals surface area contributed by atoms with Crippen LogP contribution in [0.15, 0.2) is 0 Å². The summed E-state index contributed by atoms with van der Waals surface area (Å²) in [5, 5.41) is 0. The Hall–Kier alpha value is -0.610. The lowest BCUT2D eigenvalue weighted by Crippen LogP contribution is -2.40. The van der Waals surface area contributed by atoms with E-state index in [4.69, 9.17) is 10.5 Å². The molecular formula is C10H18N2O2. The van der Waals surface area contributed by atoms with E-state index in [9.17, 15) is 4.79 Å². The number of nitrogens with two attached hydrogens (primary N) is 1. The molecule has 0 aromatic heterocycles. The zero-order chi connectivity index (χ0) is 10.1. The molecule has 0 spiro atoms. The third-order valence-electron chi connectivity index (χ3n) is 3.30. The van der Waals surface area contributed by atoms with Gasteiger partial charge in [0.25, 0.3) is 0 Å². The molecule has 1 heterocycles. The monoisotopic (exact) mass is 198 g/mol. The molecular weight excluding hydrogens is 180 g/mol. The molecule has 3 unspecified atom stereocenters. The van der Waals surface area contributed by atoms with E-state index in [1.165, 1.54) is 0 Å². The second-order valence-corrected chi connectivity index (χ2v) is 4.47. The molecule has 14 heavy (non-hydrogen) atoms. The molecule has 1 amide bonds. The van der Waals surface area contributed by atoms with Gasteiger partial charge in [0, 0.05) is 25.7 Å². The Balaban J connectivity index is 1.98. The van der Waals surface area contributed by atoms with Gasteiger partial charge < -0.3 is 15.4 Å². The average molecular weight is 198 g/mol. The molecule has 2 N–H and O–H groups in total. The predicted molar refractivity (Wildman–Crippen MR) is 52.7 cm³/mol. The topological polar surface area (TPSA) is 55.6 Å². The average Bonchev–Trinajstić information content (AvgIpc) is 2.42. The Morgan fingerprint density at radius 1 is 1.50 bits per heavy atom. The van der Waals surface area contributed by atoms with Crippen molar-refractivity contribution in [3.05, 3.63) is 0 Å². The number of nitrogens with zero attached hydrogens (tertiary/aromatic N) is 1. The first-order valence-corrected chi connectivity index (χ1v) is 5.24. The van der Waals surface area contributed by atoms with Crippen LogP contribution in [0.3, 0.4) is 0 Å². The fraction of sp³-hybridized carbons (Fsp3) is 0.900. The van der Waals surface area contributed by atoms with Crippen LogP contribution in [0.1, 0.15) is 19.3 Å². The maximum absolute atomic E-state index is 11.7. The number of hydrogen-bond donors (Lipinski definition) is 1. The van der Waals surface area contributed by atoms with E-state index in [1.54, 1.807) is 7.11 Å². The lowest BCUT2D eigenvalue weighted by atomic mass is 9.87. The fourth-order valence-electron chi connectivity index (χ4n) is 2.79. The highest BCUT2D eigenvalue weighted by atomic mass is 16.5. The molecule has 2 fully saturated rings. The van der Waals surface area contributed by atoms with Crippen LogP contribution in [0.25, 0.3) is 0 Å². The second-order valence-electron chi connectivity index (χ2n) is 4.47. The summed E-state index contributed by atoms with van der Waals surface area (Å²) in [6.07, 6.45) is 3.18. The molecule has 3 atom stereocenters. The van der Waals surface area contributed by atoms with Crippen molar-refractivity contribution in [1.82, 2.24) is 4.90 Å². The highest BCUT2D eigenvalue weighted by molar-refractivity contribution is 5.78. The standard InChI is InChI=1S/C10H18N2O2/c1-14-6-10(13)12-5-7-2-8(11)4-9(12)3-7/h7-9H,2-6,11H2,1H3. The lowest BCUT2D eigenvalue weighted by molar-refractivity contribution is -0.136. The van der Waals surface area contributed by atoms with Crippen LogP contribution in [-0.4, -0.2) is 43.2 Å². The summed E-state index contributed by atoms with van der Waals surface area (Å²) in [4.78, 5) is 13.6. The molecule has 0 aromatic carbocycles. The largest absolute Gasteiger partial charge is 0.375 e. The normalized spacial score (nSPS) is 36.1. The molecule has 4 nitrogen and oxygen atoms in total. The fourth-order valence-corrected chi connectivity index (χ4v) is 2.79. The summed E-state index contributed by atoms with van der Waals surface area (Å²) in [6, 6.07) is 0.672. The number of likely N-dealkylation sites (tertiary alicyclic amines) is 1. The Morgan fingerprint density at radius 3 is 3.00 bits per heavy atom. The maximum atomic E-state index is 11.7. The smallest absolute Gasteiger partial charge is 0.248 e. The SMILES string of the molecule is COCC(=O)N1CC2CC(N)CC1C2. The zero-order valence-corrected chi connectivity index (χ0v) is 8.61. The van der Waals surface area contributed by atoms with Gasteiger partial charge in [-0.25, -0.2) is 0 Å². The van der Waals surface area contributed by atoms with E-state index in [2.05, 4.69) is 0 Å². The minimum atomic E-state index is 0.120. The van der Waals surface area contributed by atoms with Crippen molar-refractivity contribution in [2.45, 2.75) is 31.3 Å². The summed E-state index contributed by atoms with van der Waals surface area (Å²) in [5.41, 5.74) is 5.92. The van der Waals surface area contributed by atoms with Crippen molar-refractivity contribution in [2.24, 2.45) is 11.7 Å². The number of carbonyl (C=O) groups excluding carboxylic acids is 1. The van der Waals surface area contributed by atoms with E-state index in [-0.39, 0.29) is 12.5 Å². The molecule has 0 aromatic rings. The Labute approximate surface area is 84.4 Å². The van der Waals surface area contributed by atoms with Gasteiger partial charge in [-0.15, -0.1) is 0 Å². The zero-order valence-electron chi connectivity index (χ0n) is 8.61. The highest BCUT2D eigenvalue weighted by Gasteiger charge is 2.40. The van der Waals surface area contributed by atoms with Gasteiger partial charge in [0.2, 0.25) is 5.91 Å². The van der Waals surface area contributed by atoms with Gasteiger partial charge in [-0.2, -0.15) is 0 Å². The number of rotatable bonds is 2. The number of amides is 1. The first kappa shape index (κ1) is 9.93. The van der Waals surface area contributed by atoms with Crippen LogP contribution in [0.4, 0.5) is 0 Å². The van der Waals surface area contributed by atoms with Crippen LogP contribution in [0.2, 0.25) is 0 Å². The van der Waals surface area contributed by atoms with E-state index >= 15 is 0 Å². The predicted octanol–water partition coefficient (Wildman–Crippen LogP) is -0.0290. The Morgan fingerprint density at radius 2 is 2.29 bits per heavy atom. The van der Waals surface area contributed by atoms with Crippen molar-refractivity contribution in [3.63, 3.8) is 0 Å². The summed E-state index contributed by atoms with van der Waals surface area (Å²) in [7, 11) is 1.56. The lowest BCUT2D eigenvalue weighted by Gasteiger charge is -2.27. The van der Waals surface area contributed by atoms with Crippen molar-refractivity contribution < 1.29 is 9.53 Å². The van der Waals surface area contributed by atoms with Gasteiger partial charge in [-0.05, 0) is 25.2 Å². The molecule has 4 heteroatoms. The quantitative estimate of drug-likeness (QED) is 0.678. The van der Waals surface area contributed by atoms with E-state index in [0.29, 0.717) is 18.0 Å². The summed E-state index contributed by atoms with van der Waals surface area (Å²) >= 11 is 0. The molecule has 2 rings (SSSR count). The minimum Gasteiger partial charge on any atom is -0.375 e. The molecule has 80 valence electrons. The Bertz CT molecular complexity index is 232. The molecule has 2 bridgehead atoms. The van der Waals surface area contributed by atoms with Gasteiger partial charge in [0.15, 0.2) is 0 Å². The van der Waals surface area contributed by atoms with E-state index in [1.807, 2.05) is 4.90 Å². The van der Waals surface area contributed by atoms with E-state index < -0.39 is 0 Å². The summed E-state index contributed by atoms with van der Waals surface area (Å²) in [6.45, 7) is 1.10. The van der Waals surface area contributed by atoms with Crippen LogP contribution in [-0.2, 0) is 9.53 Å². The summed E-state index contributed by atoms with van der Waals surface area (Å²) < 4.78 is 4.87. The van der Waals surface area contributed by atoms with Crippen LogP contribution >= 0.6 is 0 Å². The maximum Gasteiger partial charge on any atom is 0.248 e. The van der Waals surface area contributed by atoms with Crippen molar-refractivity contribution in [1.29, 1.82) is 0 Å². The number of methoxy groups -OCH3 is 1. The number of carbonyl (C=O) groups is 1. The van der Waals surface area contributed by atoms with Gasteiger partial charge >= 0.3 is 0 Å². The molecule has 0 radical (unpaired) electrons. The molecule has 2 aliphatic rings. The molecule has 1 saturated carbocycles. The van der Waals surface area contributed by atoms with Crippen LogP contribution in [0, 0.1) is 5.92 Å². The third-order valence-corrected chi connectivity index (χ3v) is 3.30. The van der Waals surface area contributed by atoms with Crippen LogP contribution < -0.4 is 5.73 Å². The first-order chi connectivity index (χ1) is 6.70. The minimum absolute atomic E-state index is 0.120. The van der Waals surface area contributed by atoms with Gasteiger partial charge in [0.1, 0.15) is 6.61 Å². The van der Waals surface area contributed by atoms with E-state index in [0.717, 1.165) is 25.8 Å². The highest BCUT2D eigenvalue weighted by Crippen LogP contribution is 2.34. The second kappa shape index (κ2) is 3.87. The van der Waals surface area contributed by atoms with Gasteiger partial charge in [0.05, 0.1) is 0 Å². The van der Waals surface area contributed by atoms with Crippen molar-refractivity contribution >= 4 is 5.91 Å². The van der Waals surface area contributed by atoms with Crippen LogP contribution in [0.5, 0.6) is 0 Å². The number of ether oxygens (including phenoxy) is 1. The van der Waals surface area contributed by atoms with Gasteiger partial charge in [-0.1, -0.05) is 0 Å².